The van der Waals surface area contributed by atoms with Crippen molar-refractivity contribution in [3.05, 3.63) is 12.2 Å². The molecule has 0 aromatic carbocycles. The first kappa shape index (κ1) is 17.9. The third-order valence-corrected chi connectivity index (χ3v) is 4.96. The molecule has 3 aliphatic rings. The van der Waals surface area contributed by atoms with Gasteiger partial charge < -0.3 is 9.64 Å². The van der Waals surface area contributed by atoms with Crippen LogP contribution in [-0.2, 0) is 14.3 Å². The summed E-state index contributed by atoms with van der Waals surface area (Å²) in [7, 11) is 0. The number of ether oxygens (including phenoxy) is 1. The Morgan fingerprint density at radius 1 is 1.04 bits per heavy atom. The summed E-state index contributed by atoms with van der Waals surface area (Å²) in [5, 5.41) is 0. The lowest BCUT2D eigenvalue weighted by atomic mass is 9.85. The summed E-state index contributed by atoms with van der Waals surface area (Å²) in [6.07, 6.45) is 5.01. The molecule has 2 heterocycles. The lowest BCUT2D eigenvalue weighted by Gasteiger charge is -2.36. The van der Waals surface area contributed by atoms with Crippen molar-refractivity contribution < 1.29 is 19.1 Å². The number of hydrogen-bond acceptors (Lipinski definition) is 5. The number of fused-ring (bicyclic) bond motifs is 1. The molecular weight excluding hydrogens is 322 g/mol. The molecule has 0 N–H and O–H groups in total. The summed E-state index contributed by atoms with van der Waals surface area (Å²) in [6, 6.07) is 0. The van der Waals surface area contributed by atoms with Gasteiger partial charge in [-0.2, -0.15) is 0 Å². The third kappa shape index (κ3) is 3.86. The minimum Gasteiger partial charge on any atom is -0.444 e. The van der Waals surface area contributed by atoms with E-state index in [4.69, 9.17) is 4.74 Å². The summed E-state index contributed by atoms with van der Waals surface area (Å²) in [5.74, 6) is -0.455. The largest absolute Gasteiger partial charge is 0.444 e. The highest BCUT2D eigenvalue weighted by atomic mass is 16.6. The van der Waals surface area contributed by atoms with E-state index in [0.29, 0.717) is 45.7 Å². The van der Waals surface area contributed by atoms with E-state index in [-0.39, 0.29) is 29.7 Å². The smallest absolute Gasteiger partial charge is 0.410 e. The second kappa shape index (κ2) is 6.78. The standard InChI is InChI=1S/C18H27N3O4/c1-18(2,3)25-17(24)20-10-8-19(9-11-20)12-21-15(22)13-6-4-5-7-14(13)16(21)23/h4-5,13-14H,6-12H2,1-3H3. The van der Waals surface area contributed by atoms with E-state index in [1.54, 1.807) is 4.90 Å². The predicted octanol–water partition coefficient (Wildman–Crippen LogP) is 1.45. The molecule has 2 aliphatic heterocycles. The number of amides is 3. The molecule has 2 unspecified atom stereocenters. The maximum atomic E-state index is 12.5. The van der Waals surface area contributed by atoms with E-state index in [1.807, 2.05) is 32.9 Å². The van der Waals surface area contributed by atoms with E-state index >= 15 is 0 Å². The van der Waals surface area contributed by atoms with Crippen LogP contribution in [0.1, 0.15) is 33.6 Å². The molecule has 138 valence electrons. The van der Waals surface area contributed by atoms with Gasteiger partial charge in [-0.15, -0.1) is 0 Å². The van der Waals surface area contributed by atoms with Gasteiger partial charge in [-0.05, 0) is 33.6 Å². The number of imide groups is 1. The van der Waals surface area contributed by atoms with Gasteiger partial charge in [0.15, 0.2) is 0 Å². The van der Waals surface area contributed by atoms with Crippen LogP contribution in [0.5, 0.6) is 0 Å². The number of nitrogens with zero attached hydrogens (tertiary/aromatic N) is 3. The number of piperazine rings is 1. The Kier molecular flexibility index (Phi) is 4.86. The van der Waals surface area contributed by atoms with Crippen LogP contribution in [0, 0.1) is 11.8 Å². The van der Waals surface area contributed by atoms with Gasteiger partial charge in [-0.1, -0.05) is 12.2 Å². The molecule has 2 atom stereocenters. The van der Waals surface area contributed by atoms with E-state index in [0.717, 1.165) is 0 Å². The molecule has 3 rings (SSSR count). The van der Waals surface area contributed by atoms with Gasteiger partial charge in [-0.25, -0.2) is 4.79 Å². The van der Waals surface area contributed by atoms with Crippen molar-refractivity contribution in [1.29, 1.82) is 0 Å². The fourth-order valence-electron chi connectivity index (χ4n) is 3.61. The van der Waals surface area contributed by atoms with Crippen molar-refractivity contribution in [1.82, 2.24) is 14.7 Å². The highest BCUT2D eigenvalue weighted by Gasteiger charge is 2.47. The fourth-order valence-corrected chi connectivity index (χ4v) is 3.61. The molecule has 0 aromatic heterocycles. The number of allylic oxidation sites excluding steroid dienone is 2. The average molecular weight is 349 g/mol. The molecule has 2 fully saturated rings. The molecule has 7 nitrogen and oxygen atoms in total. The lowest BCUT2D eigenvalue weighted by Crippen LogP contribution is -2.53. The minimum atomic E-state index is -0.507. The van der Waals surface area contributed by atoms with Crippen molar-refractivity contribution in [2.75, 3.05) is 32.8 Å². The summed E-state index contributed by atoms with van der Waals surface area (Å²) < 4.78 is 5.39. The molecule has 2 saturated heterocycles. The monoisotopic (exact) mass is 349 g/mol. The van der Waals surface area contributed by atoms with E-state index < -0.39 is 5.60 Å². The van der Waals surface area contributed by atoms with Gasteiger partial charge in [0, 0.05) is 26.2 Å². The Morgan fingerprint density at radius 3 is 2.04 bits per heavy atom. The number of rotatable bonds is 2. The molecule has 7 heteroatoms. The van der Waals surface area contributed by atoms with Crippen molar-refractivity contribution in [3.63, 3.8) is 0 Å². The van der Waals surface area contributed by atoms with Gasteiger partial charge >= 0.3 is 6.09 Å². The normalized spacial score (nSPS) is 27.6. The second-order valence-electron chi connectivity index (χ2n) is 7.99. The molecule has 0 aromatic rings. The Balaban J connectivity index is 1.52. The molecule has 0 saturated carbocycles. The summed E-state index contributed by atoms with van der Waals surface area (Å²) >= 11 is 0. The van der Waals surface area contributed by atoms with Crippen LogP contribution in [0.3, 0.4) is 0 Å². The highest BCUT2D eigenvalue weighted by Crippen LogP contribution is 2.35. The van der Waals surface area contributed by atoms with Crippen LogP contribution in [0.2, 0.25) is 0 Å². The topological polar surface area (TPSA) is 70.2 Å². The third-order valence-electron chi connectivity index (χ3n) is 4.96. The van der Waals surface area contributed by atoms with Crippen LogP contribution in [0.4, 0.5) is 4.79 Å². The summed E-state index contributed by atoms with van der Waals surface area (Å²) in [6.45, 7) is 8.21. The Bertz CT molecular complexity index is 562. The number of hydrogen-bond donors (Lipinski definition) is 0. The maximum Gasteiger partial charge on any atom is 0.410 e. The molecule has 0 radical (unpaired) electrons. The molecule has 1 aliphatic carbocycles. The van der Waals surface area contributed by atoms with E-state index in [2.05, 4.69) is 4.90 Å². The zero-order chi connectivity index (χ0) is 18.2. The first-order valence-electron chi connectivity index (χ1n) is 8.97. The van der Waals surface area contributed by atoms with Crippen molar-refractivity contribution >= 4 is 17.9 Å². The average Bonchev–Trinajstić information content (AvgIpc) is 2.79. The first-order chi connectivity index (χ1) is 11.8. The van der Waals surface area contributed by atoms with Crippen LogP contribution in [-0.4, -0.2) is 71.1 Å². The summed E-state index contributed by atoms with van der Waals surface area (Å²) in [5.41, 5.74) is -0.507. The van der Waals surface area contributed by atoms with E-state index in [9.17, 15) is 14.4 Å². The van der Waals surface area contributed by atoms with Gasteiger partial charge in [0.1, 0.15) is 5.60 Å². The zero-order valence-corrected chi connectivity index (χ0v) is 15.2. The quantitative estimate of drug-likeness (QED) is 0.557. The Hall–Kier alpha value is -1.89. The number of carbonyl (C=O) groups excluding carboxylic acids is 3. The zero-order valence-electron chi connectivity index (χ0n) is 15.2. The molecule has 0 spiro atoms. The van der Waals surface area contributed by atoms with E-state index in [1.165, 1.54) is 4.90 Å². The SMILES string of the molecule is CC(C)(C)OC(=O)N1CCN(CN2C(=O)C3CC=CCC3C2=O)CC1. The predicted molar refractivity (Wildman–Crippen MR) is 91.5 cm³/mol. The number of likely N-dealkylation sites (tertiary alicyclic amines) is 1. The second-order valence-corrected chi connectivity index (χ2v) is 7.99. The molecule has 25 heavy (non-hydrogen) atoms. The van der Waals surface area contributed by atoms with Crippen LogP contribution >= 0.6 is 0 Å². The first-order valence-corrected chi connectivity index (χ1v) is 8.97. The molecule has 0 bridgehead atoms. The highest BCUT2D eigenvalue weighted by molar-refractivity contribution is 6.05. The van der Waals surface area contributed by atoms with Crippen LogP contribution in [0.15, 0.2) is 12.2 Å². The van der Waals surface area contributed by atoms with Gasteiger partial charge in [0.25, 0.3) is 0 Å². The Morgan fingerprint density at radius 2 is 1.56 bits per heavy atom. The van der Waals surface area contributed by atoms with Crippen LogP contribution < -0.4 is 0 Å². The van der Waals surface area contributed by atoms with Gasteiger partial charge in [0.2, 0.25) is 11.8 Å². The van der Waals surface area contributed by atoms with Crippen molar-refractivity contribution in [2.24, 2.45) is 11.8 Å². The molecular formula is C18H27N3O4. The van der Waals surface area contributed by atoms with Crippen LogP contribution in [0.25, 0.3) is 0 Å². The fraction of sp³-hybridized carbons (Fsp3) is 0.722. The Labute approximate surface area is 148 Å². The van der Waals surface area contributed by atoms with Gasteiger partial charge in [-0.3, -0.25) is 19.4 Å². The number of carbonyl (C=O) groups is 3. The van der Waals surface area contributed by atoms with Crippen molar-refractivity contribution in [3.8, 4) is 0 Å². The lowest BCUT2D eigenvalue weighted by molar-refractivity contribution is -0.142. The van der Waals surface area contributed by atoms with Crippen molar-refractivity contribution in [2.45, 2.75) is 39.2 Å². The van der Waals surface area contributed by atoms with Gasteiger partial charge in [0.05, 0.1) is 18.5 Å². The maximum absolute atomic E-state index is 12.5. The molecule has 3 amide bonds. The minimum absolute atomic E-state index is 0.0473. The summed E-state index contributed by atoms with van der Waals surface area (Å²) in [4.78, 5) is 42.3.